The van der Waals surface area contributed by atoms with Crippen LogP contribution in [0.3, 0.4) is 0 Å². The Kier molecular flexibility index (Phi) is 10.5. The van der Waals surface area contributed by atoms with Crippen molar-refractivity contribution < 1.29 is 0 Å². The third kappa shape index (κ3) is 8.16. The lowest BCUT2D eigenvalue weighted by molar-refractivity contribution is 0.504. The molecule has 0 amide bonds. The molecule has 0 saturated heterocycles. The number of rotatable bonds is 6. The zero-order valence-corrected chi connectivity index (χ0v) is 28.1. The monoisotopic (exact) mass is 560 g/mol. The molecular weight excluding hydrogens is 508 g/mol. The van der Waals surface area contributed by atoms with Crippen LogP contribution in [0.15, 0.2) is 130 Å². The molecule has 2 heteroatoms. The van der Waals surface area contributed by atoms with Crippen LogP contribution in [0.5, 0.6) is 0 Å². The van der Waals surface area contributed by atoms with E-state index in [0.717, 1.165) is 33.9 Å². The van der Waals surface area contributed by atoms with Crippen LogP contribution < -0.4 is 10.6 Å². The second kappa shape index (κ2) is 13.5. The van der Waals surface area contributed by atoms with Gasteiger partial charge in [0.15, 0.2) is 0 Å². The molecular formula is C40H52N2. The molecule has 2 N–H and O–H groups in total. The average Bonchev–Trinajstić information content (AvgIpc) is 2.96. The summed E-state index contributed by atoms with van der Waals surface area (Å²) in [6.45, 7) is 26.9. The topological polar surface area (TPSA) is 24.1 Å². The zero-order chi connectivity index (χ0) is 31.2. The fourth-order valence-corrected chi connectivity index (χ4v) is 4.35. The van der Waals surface area contributed by atoms with Gasteiger partial charge in [-0.15, -0.1) is 0 Å². The summed E-state index contributed by atoms with van der Waals surface area (Å²) in [7, 11) is 0. The van der Waals surface area contributed by atoms with E-state index in [1.807, 2.05) is 0 Å². The van der Waals surface area contributed by atoms with Crippen molar-refractivity contribution in [3.8, 4) is 0 Å². The van der Waals surface area contributed by atoms with Gasteiger partial charge < -0.3 is 10.6 Å². The van der Waals surface area contributed by atoms with E-state index in [-0.39, 0.29) is 10.8 Å². The second-order valence-electron chi connectivity index (χ2n) is 13.6. The van der Waals surface area contributed by atoms with Gasteiger partial charge in [-0.1, -0.05) is 138 Å². The molecule has 1 aliphatic heterocycles. The molecule has 222 valence electrons. The molecule has 42 heavy (non-hydrogen) atoms. The molecule has 2 nitrogen and oxygen atoms in total. The first-order valence-electron chi connectivity index (χ1n) is 15.1. The Bertz CT molecular complexity index is 1370. The van der Waals surface area contributed by atoms with Gasteiger partial charge in [-0.05, 0) is 74.7 Å². The van der Waals surface area contributed by atoms with Gasteiger partial charge >= 0.3 is 0 Å². The highest BCUT2D eigenvalue weighted by atomic mass is 15.1. The van der Waals surface area contributed by atoms with E-state index in [2.05, 4.69) is 179 Å². The first-order valence-corrected chi connectivity index (χ1v) is 15.1. The molecule has 1 heterocycles. The van der Waals surface area contributed by atoms with Crippen LogP contribution in [-0.2, 0) is 0 Å². The quantitative estimate of drug-likeness (QED) is 0.343. The van der Waals surface area contributed by atoms with Crippen molar-refractivity contribution in [1.29, 1.82) is 0 Å². The Balaban J connectivity index is 2.31. The van der Waals surface area contributed by atoms with Crippen LogP contribution in [0.1, 0.15) is 94.2 Å². The summed E-state index contributed by atoms with van der Waals surface area (Å²) in [4.78, 5) is 0. The van der Waals surface area contributed by atoms with E-state index in [0.29, 0.717) is 0 Å². The Labute approximate surface area is 256 Å². The molecule has 2 aromatic carbocycles. The Morgan fingerprint density at radius 3 is 1.07 bits per heavy atom. The molecule has 0 unspecified atom stereocenters. The van der Waals surface area contributed by atoms with E-state index < -0.39 is 0 Å². The first kappa shape index (κ1) is 32.7. The lowest BCUT2D eigenvalue weighted by Crippen LogP contribution is -2.32. The molecule has 0 saturated carbocycles. The lowest BCUT2D eigenvalue weighted by atomic mass is 9.87. The summed E-state index contributed by atoms with van der Waals surface area (Å²) in [5.41, 5.74) is 14.5. The summed E-state index contributed by atoms with van der Waals surface area (Å²) in [6, 6.07) is 21.2. The molecule has 2 aromatic rings. The third-order valence-corrected chi connectivity index (χ3v) is 8.59. The fourth-order valence-electron chi connectivity index (χ4n) is 4.35. The fraction of sp³-hybridized carbons (Fsp3) is 0.350. The molecule has 3 rings (SSSR count). The van der Waals surface area contributed by atoms with Crippen LogP contribution in [0.4, 0.5) is 0 Å². The number of hydrogen-bond donors (Lipinski definition) is 2. The van der Waals surface area contributed by atoms with E-state index in [1.54, 1.807) is 0 Å². The van der Waals surface area contributed by atoms with Crippen molar-refractivity contribution in [2.75, 3.05) is 0 Å². The largest absolute Gasteiger partial charge is 0.351 e. The molecule has 0 aromatic heterocycles. The molecule has 0 spiro atoms. The lowest BCUT2D eigenvalue weighted by Gasteiger charge is -2.32. The molecule has 0 fully saturated rings. The zero-order valence-electron chi connectivity index (χ0n) is 28.1. The number of benzene rings is 2. The Hall–Kier alpha value is -3.78. The van der Waals surface area contributed by atoms with E-state index in [4.69, 9.17) is 0 Å². The maximum Gasteiger partial charge on any atom is 0.0703 e. The van der Waals surface area contributed by atoms with Gasteiger partial charge in [0.2, 0.25) is 0 Å². The molecule has 1 aliphatic rings. The predicted octanol–water partition coefficient (Wildman–Crippen LogP) is 11.1. The minimum atomic E-state index is 0.137. The van der Waals surface area contributed by atoms with Crippen LogP contribution in [-0.4, -0.2) is 0 Å². The highest BCUT2D eigenvalue weighted by Crippen LogP contribution is 2.35. The summed E-state index contributed by atoms with van der Waals surface area (Å²) >= 11 is 0. The van der Waals surface area contributed by atoms with E-state index in [9.17, 15) is 0 Å². The van der Waals surface area contributed by atoms with Crippen molar-refractivity contribution in [2.24, 2.45) is 10.8 Å². The SMILES string of the molecule is CC(=C1/NC(c2ccccc2)=C(c2ccccc2)N/C1=C(C)\C(C)=C\C=C(/C)C(C)(C)C)/C(C)=C/C=C(\C)C(C)(C)C. The van der Waals surface area contributed by atoms with Gasteiger partial charge in [0, 0.05) is 11.1 Å². The van der Waals surface area contributed by atoms with Crippen molar-refractivity contribution in [1.82, 2.24) is 10.6 Å². The number of hydrogen-bond acceptors (Lipinski definition) is 2. The summed E-state index contributed by atoms with van der Waals surface area (Å²) in [5.74, 6) is 0. The summed E-state index contributed by atoms with van der Waals surface area (Å²) in [5, 5.41) is 7.85. The van der Waals surface area contributed by atoms with Crippen molar-refractivity contribution in [3.63, 3.8) is 0 Å². The highest BCUT2D eigenvalue weighted by molar-refractivity contribution is 5.93. The van der Waals surface area contributed by atoms with Gasteiger partial charge in [0.1, 0.15) is 0 Å². The van der Waals surface area contributed by atoms with Crippen molar-refractivity contribution >= 4 is 11.4 Å². The van der Waals surface area contributed by atoms with Crippen LogP contribution in [0.2, 0.25) is 0 Å². The summed E-state index contributed by atoms with van der Waals surface area (Å²) < 4.78 is 0. The van der Waals surface area contributed by atoms with Gasteiger partial charge in [-0.25, -0.2) is 0 Å². The van der Waals surface area contributed by atoms with Gasteiger partial charge in [0.05, 0.1) is 22.8 Å². The Morgan fingerprint density at radius 2 is 0.786 bits per heavy atom. The van der Waals surface area contributed by atoms with Crippen LogP contribution in [0.25, 0.3) is 11.4 Å². The second-order valence-corrected chi connectivity index (χ2v) is 13.6. The maximum atomic E-state index is 3.93. The van der Waals surface area contributed by atoms with Gasteiger partial charge in [0.25, 0.3) is 0 Å². The van der Waals surface area contributed by atoms with E-state index in [1.165, 1.54) is 33.4 Å². The molecule has 0 radical (unpaired) electrons. The third-order valence-electron chi connectivity index (χ3n) is 8.59. The van der Waals surface area contributed by atoms with Gasteiger partial charge in [-0.3, -0.25) is 0 Å². The van der Waals surface area contributed by atoms with Crippen LogP contribution >= 0.6 is 0 Å². The predicted molar refractivity (Wildman–Crippen MR) is 185 cm³/mol. The minimum absolute atomic E-state index is 0.137. The molecule has 0 bridgehead atoms. The Morgan fingerprint density at radius 1 is 0.476 bits per heavy atom. The van der Waals surface area contributed by atoms with Crippen molar-refractivity contribution in [2.45, 2.75) is 83.1 Å². The van der Waals surface area contributed by atoms with Gasteiger partial charge in [-0.2, -0.15) is 0 Å². The summed E-state index contributed by atoms with van der Waals surface area (Å²) in [6.07, 6.45) is 9.05. The normalized spacial score (nSPS) is 18.5. The molecule has 0 atom stereocenters. The standard InChI is InChI=1S/C40H52N2/c1-27(23-25-29(3)39(7,8)9)31(5)35-36(32(6)28(2)24-26-30(4)40(10,11)12)42-38(34-21-17-14-18-22-34)37(41-35)33-19-15-13-16-20-33/h13-26,41-42H,1-12H3/b27-23+,28-24+,29-25+,30-26+,35-31-,36-32-. The number of allylic oxidation sites excluding steroid dienone is 10. The van der Waals surface area contributed by atoms with E-state index >= 15 is 0 Å². The number of nitrogens with one attached hydrogen (secondary N) is 2. The minimum Gasteiger partial charge on any atom is -0.351 e. The van der Waals surface area contributed by atoms with Crippen molar-refractivity contribution in [3.05, 3.63) is 141 Å². The van der Waals surface area contributed by atoms with Crippen LogP contribution in [0, 0.1) is 10.8 Å². The maximum absolute atomic E-state index is 3.93. The highest BCUT2D eigenvalue weighted by Gasteiger charge is 2.25. The molecule has 0 aliphatic carbocycles. The average molecular weight is 561 g/mol. The first-order chi connectivity index (χ1) is 19.6. The smallest absolute Gasteiger partial charge is 0.0703 e.